The number of aromatic nitrogens is 2. The van der Waals surface area contributed by atoms with Gasteiger partial charge in [0.2, 0.25) is 5.91 Å². The smallest absolute Gasteiger partial charge is 0.270 e. The van der Waals surface area contributed by atoms with Crippen molar-refractivity contribution in [2.24, 2.45) is 18.9 Å². The lowest BCUT2D eigenvalue weighted by Gasteiger charge is -2.32. The number of carbonyl (C=O) groups excluding carboxylic acids is 2. The van der Waals surface area contributed by atoms with Crippen LogP contribution in [0.5, 0.6) is 0 Å². The fourth-order valence-corrected chi connectivity index (χ4v) is 4.61. The lowest BCUT2D eigenvalue weighted by molar-refractivity contribution is -0.119. The Morgan fingerprint density at radius 3 is 2.50 bits per heavy atom. The zero-order valence-electron chi connectivity index (χ0n) is 18.8. The molecule has 1 aromatic heterocycles. The molecule has 32 heavy (non-hydrogen) atoms. The van der Waals surface area contributed by atoms with Gasteiger partial charge in [-0.2, -0.15) is 5.10 Å². The molecule has 7 nitrogen and oxygen atoms in total. The molecule has 0 unspecified atom stereocenters. The molecule has 1 aliphatic heterocycles. The van der Waals surface area contributed by atoms with Gasteiger partial charge in [0.1, 0.15) is 11.7 Å². The van der Waals surface area contributed by atoms with E-state index in [2.05, 4.69) is 28.7 Å². The molecule has 2 heterocycles. The second-order valence-corrected chi connectivity index (χ2v) is 8.93. The molecule has 2 aliphatic rings. The summed E-state index contributed by atoms with van der Waals surface area (Å²) in [6.45, 7) is 3.63. The van der Waals surface area contributed by atoms with Crippen molar-refractivity contribution in [2.75, 3.05) is 18.5 Å². The molecule has 1 fully saturated rings. The molecule has 2 aromatic rings. The number of anilines is 1. The standard InChI is InChI=1S/C25H32N4O3/c1-17-3-5-20(6-4-17)23(28-24(30)22-11-14-26-29(22)2)25(31)27-21-9-7-18(8-10-21)19-12-15-32-16-13-19/h7-12,14,17,20,23H,3-6,13,15-16H2,1-2H3,(H,27,31)(H,28,30)/t17?,20?,23-/m0/s1. The highest BCUT2D eigenvalue weighted by molar-refractivity contribution is 6.00. The Labute approximate surface area is 189 Å². The monoisotopic (exact) mass is 436 g/mol. The Morgan fingerprint density at radius 1 is 1.12 bits per heavy atom. The maximum Gasteiger partial charge on any atom is 0.270 e. The zero-order chi connectivity index (χ0) is 22.5. The topological polar surface area (TPSA) is 85.2 Å². The van der Waals surface area contributed by atoms with Crippen LogP contribution in [-0.4, -0.2) is 40.9 Å². The van der Waals surface area contributed by atoms with Crippen molar-refractivity contribution in [1.29, 1.82) is 0 Å². The summed E-state index contributed by atoms with van der Waals surface area (Å²) in [6.07, 6.45) is 8.59. The Balaban J connectivity index is 1.47. The first-order valence-corrected chi connectivity index (χ1v) is 11.5. The van der Waals surface area contributed by atoms with E-state index >= 15 is 0 Å². The van der Waals surface area contributed by atoms with Gasteiger partial charge >= 0.3 is 0 Å². The van der Waals surface area contributed by atoms with Crippen LogP contribution in [0.25, 0.3) is 5.57 Å². The molecule has 2 N–H and O–H groups in total. The highest BCUT2D eigenvalue weighted by Gasteiger charge is 2.33. The van der Waals surface area contributed by atoms with Crippen LogP contribution in [0.1, 0.15) is 55.1 Å². The molecule has 0 radical (unpaired) electrons. The number of amides is 2. The van der Waals surface area contributed by atoms with Gasteiger partial charge in [0, 0.05) is 18.9 Å². The van der Waals surface area contributed by atoms with Crippen molar-refractivity contribution in [2.45, 2.75) is 45.1 Å². The number of hydrogen-bond donors (Lipinski definition) is 2. The molecule has 1 aliphatic carbocycles. The summed E-state index contributed by atoms with van der Waals surface area (Å²) in [6, 6.07) is 8.98. The normalized spacial score (nSPS) is 22.0. The molecule has 1 atom stereocenters. The molecular weight excluding hydrogens is 404 g/mol. The summed E-state index contributed by atoms with van der Waals surface area (Å²) in [5.74, 6) is 0.341. The molecule has 0 spiro atoms. The fraction of sp³-hybridized carbons (Fsp3) is 0.480. The van der Waals surface area contributed by atoms with Crippen LogP contribution >= 0.6 is 0 Å². The van der Waals surface area contributed by atoms with E-state index in [-0.39, 0.29) is 17.7 Å². The Bertz CT molecular complexity index is 971. The van der Waals surface area contributed by atoms with E-state index in [1.54, 1.807) is 19.3 Å². The average Bonchev–Trinajstić information content (AvgIpc) is 3.25. The lowest BCUT2D eigenvalue weighted by atomic mass is 9.79. The van der Waals surface area contributed by atoms with Crippen LogP contribution in [-0.2, 0) is 16.6 Å². The molecule has 7 heteroatoms. The van der Waals surface area contributed by atoms with Gasteiger partial charge in [0.25, 0.3) is 5.91 Å². The minimum atomic E-state index is -0.581. The lowest BCUT2D eigenvalue weighted by Crippen LogP contribution is -2.49. The summed E-state index contributed by atoms with van der Waals surface area (Å²) >= 11 is 0. The van der Waals surface area contributed by atoms with Gasteiger partial charge in [-0.3, -0.25) is 14.3 Å². The second-order valence-electron chi connectivity index (χ2n) is 8.93. The van der Waals surface area contributed by atoms with E-state index in [1.165, 1.54) is 10.3 Å². The van der Waals surface area contributed by atoms with Gasteiger partial charge in [0.05, 0.1) is 13.2 Å². The molecule has 2 amide bonds. The number of hydrogen-bond acceptors (Lipinski definition) is 4. The van der Waals surface area contributed by atoms with Crippen molar-refractivity contribution in [3.63, 3.8) is 0 Å². The van der Waals surface area contributed by atoms with Crippen molar-refractivity contribution in [3.05, 3.63) is 53.9 Å². The van der Waals surface area contributed by atoms with Crippen LogP contribution in [0.3, 0.4) is 0 Å². The van der Waals surface area contributed by atoms with Crippen LogP contribution in [0, 0.1) is 11.8 Å². The van der Waals surface area contributed by atoms with Crippen molar-refractivity contribution < 1.29 is 14.3 Å². The number of nitrogens with one attached hydrogen (secondary N) is 2. The number of rotatable bonds is 6. The van der Waals surface area contributed by atoms with Crippen LogP contribution < -0.4 is 10.6 Å². The van der Waals surface area contributed by atoms with Gasteiger partial charge in [-0.1, -0.05) is 38.0 Å². The largest absolute Gasteiger partial charge is 0.377 e. The van der Waals surface area contributed by atoms with E-state index in [0.29, 0.717) is 18.2 Å². The third-order valence-electron chi connectivity index (χ3n) is 6.64. The van der Waals surface area contributed by atoms with Gasteiger partial charge in [0.15, 0.2) is 0 Å². The van der Waals surface area contributed by atoms with E-state index < -0.39 is 6.04 Å². The molecule has 4 rings (SSSR count). The SMILES string of the molecule is CC1CCC([C@H](NC(=O)c2ccnn2C)C(=O)Nc2ccc(C3=CCOCC3)cc2)CC1. The summed E-state index contributed by atoms with van der Waals surface area (Å²) < 4.78 is 6.91. The third-order valence-corrected chi connectivity index (χ3v) is 6.64. The first-order valence-electron chi connectivity index (χ1n) is 11.5. The zero-order valence-corrected chi connectivity index (χ0v) is 18.8. The molecular formula is C25H32N4O3. The number of aryl methyl sites for hydroxylation is 1. The van der Waals surface area contributed by atoms with Gasteiger partial charge in [-0.15, -0.1) is 0 Å². The number of carbonyl (C=O) groups is 2. The Hall–Kier alpha value is -2.93. The van der Waals surface area contributed by atoms with Gasteiger partial charge in [-0.05, 0) is 60.4 Å². The first-order chi connectivity index (χ1) is 15.5. The molecule has 170 valence electrons. The Morgan fingerprint density at radius 2 is 1.88 bits per heavy atom. The average molecular weight is 437 g/mol. The summed E-state index contributed by atoms with van der Waals surface area (Å²) in [5.41, 5.74) is 3.59. The highest BCUT2D eigenvalue weighted by Crippen LogP contribution is 2.31. The number of nitrogens with zero attached hydrogens (tertiary/aromatic N) is 2. The molecule has 1 aromatic carbocycles. The summed E-state index contributed by atoms with van der Waals surface area (Å²) in [5, 5.41) is 10.1. The quantitative estimate of drug-likeness (QED) is 0.722. The summed E-state index contributed by atoms with van der Waals surface area (Å²) in [7, 11) is 1.72. The van der Waals surface area contributed by atoms with Crippen LogP contribution in [0.4, 0.5) is 5.69 Å². The predicted octanol–water partition coefficient (Wildman–Crippen LogP) is 3.79. The second kappa shape index (κ2) is 10.1. The molecule has 0 saturated heterocycles. The molecule has 0 bridgehead atoms. The summed E-state index contributed by atoms with van der Waals surface area (Å²) in [4.78, 5) is 26.1. The first kappa shape index (κ1) is 22.3. The number of ether oxygens (including phenoxy) is 1. The Kier molecular flexibility index (Phi) is 7.05. The molecule has 1 saturated carbocycles. The van der Waals surface area contributed by atoms with Gasteiger partial charge < -0.3 is 15.4 Å². The van der Waals surface area contributed by atoms with E-state index in [9.17, 15) is 9.59 Å². The maximum absolute atomic E-state index is 13.3. The minimum absolute atomic E-state index is 0.120. The van der Waals surface area contributed by atoms with Crippen molar-refractivity contribution in [1.82, 2.24) is 15.1 Å². The third kappa shape index (κ3) is 5.27. The van der Waals surface area contributed by atoms with Crippen LogP contribution in [0.2, 0.25) is 0 Å². The van der Waals surface area contributed by atoms with E-state index in [0.717, 1.165) is 50.0 Å². The van der Waals surface area contributed by atoms with Crippen molar-refractivity contribution in [3.8, 4) is 0 Å². The van der Waals surface area contributed by atoms with E-state index in [4.69, 9.17) is 4.74 Å². The predicted molar refractivity (Wildman–Crippen MR) is 124 cm³/mol. The van der Waals surface area contributed by atoms with Crippen molar-refractivity contribution >= 4 is 23.1 Å². The minimum Gasteiger partial charge on any atom is -0.377 e. The fourth-order valence-electron chi connectivity index (χ4n) is 4.61. The maximum atomic E-state index is 13.3. The van der Waals surface area contributed by atoms with Crippen LogP contribution in [0.15, 0.2) is 42.6 Å². The van der Waals surface area contributed by atoms with E-state index in [1.807, 2.05) is 24.3 Å². The van der Waals surface area contributed by atoms with Gasteiger partial charge in [-0.25, -0.2) is 0 Å². The highest BCUT2D eigenvalue weighted by atomic mass is 16.5. The number of benzene rings is 1.